The van der Waals surface area contributed by atoms with E-state index in [-0.39, 0.29) is 28.7 Å². The van der Waals surface area contributed by atoms with Crippen molar-refractivity contribution in [3.63, 3.8) is 0 Å². The van der Waals surface area contributed by atoms with E-state index >= 15 is 0 Å². The number of nitrogens with zero attached hydrogens (tertiary/aromatic N) is 6. The summed E-state index contributed by atoms with van der Waals surface area (Å²) in [6, 6.07) is 57.8. The average Bonchev–Trinajstić information content (AvgIpc) is 1.48. The van der Waals surface area contributed by atoms with Crippen LogP contribution >= 0.6 is 0 Å². The summed E-state index contributed by atoms with van der Waals surface area (Å²) >= 11 is 0. The van der Waals surface area contributed by atoms with E-state index < -0.39 is 11.9 Å². The van der Waals surface area contributed by atoms with E-state index in [4.69, 9.17) is 35.2 Å². The zero-order chi connectivity index (χ0) is 82.3. The van der Waals surface area contributed by atoms with E-state index in [0.29, 0.717) is 62.8 Å². The van der Waals surface area contributed by atoms with Gasteiger partial charge in [-0.15, -0.1) is 11.6 Å². The van der Waals surface area contributed by atoms with E-state index in [9.17, 15) is 9.59 Å². The molecule has 0 atom stereocenters. The molecule has 0 unspecified atom stereocenters. The van der Waals surface area contributed by atoms with E-state index in [1.54, 1.807) is 18.5 Å². The Morgan fingerprint density at radius 1 is 0.517 bits per heavy atom. The zero-order valence-electron chi connectivity index (χ0n) is 68.7. The highest BCUT2D eigenvalue weighted by atomic mass is 16.5. The summed E-state index contributed by atoms with van der Waals surface area (Å²) in [6.07, 6.45) is 28.7. The molecule has 2 aliphatic carbocycles. The van der Waals surface area contributed by atoms with Gasteiger partial charge in [0.1, 0.15) is 0 Å². The molecule has 0 spiro atoms. The highest BCUT2D eigenvalue weighted by molar-refractivity contribution is 6.38. The Hall–Kier alpha value is -14.5. The molecule has 9 aromatic rings. The minimum absolute atomic E-state index is 0.120. The first-order valence-corrected chi connectivity index (χ1v) is 39.9. The van der Waals surface area contributed by atoms with Gasteiger partial charge in [0.05, 0.1) is 68.3 Å². The summed E-state index contributed by atoms with van der Waals surface area (Å²) in [7, 11) is 0. The van der Waals surface area contributed by atoms with Crippen LogP contribution in [0.15, 0.2) is 308 Å². The Labute approximate surface area is 690 Å². The number of rotatable bonds is 10. The standard InChI is InChI=1S/C106H86N9O3/c1-60-48-62(3)96(63(4)49-60)101-91-41-37-87(111-91)98(68-29-31-70(32-30-68)104(117)118-47-21-22-71-52-73-53-74(105(9,10)11)55-84(66(73)7)79-25-15-16-26-80(79)85-56-75(106(12,13)14)54-83(71)67(85)8)88-38-42-92(112-88)102(97-64(5)50-61(2)51-65(97)6)94-44-40-90(114-94)99(89-39-43-93(101)113-89)69-33-35-76(36-34-69)110-103(116)72-45-46-109-115(59-72)95(58-108)86(57-107)100-81-27-19-17-23-77(81)78-24-18-20-28-82(78)100/h15-20,23-46,48-56,59,109H,47H2,1-14H3,(H,110,111,112,113,114,116)/q-1/p+1/b71-52?,95-86+,98-87?,98-88?,99-89?,99-90?,101-91?,101-93?,102-92?,102-94?. The third-order valence-electron chi connectivity index (χ3n) is 23.1. The quantitative estimate of drug-likeness (QED) is 0.0535. The molecule has 118 heavy (non-hydrogen) atoms. The maximum atomic E-state index is 14.4. The molecule has 0 radical (unpaired) electrons. The molecule has 0 saturated carbocycles. The molecule has 9 aromatic carbocycles. The Kier molecular flexibility index (Phi) is 19.4. The van der Waals surface area contributed by atoms with Crippen molar-refractivity contribution in [2.24, 2.45) is 20.0 Å². The lowest BCUT2D eigenvalue weighted by molar-refractivity contribution is -0.138. The van der Waals surface area contributed by atoms with Gasteiger partial charge >= 0.3 is 12.1 Å². The number of hydrogen-bond acceptors (Lipinski definition) is 9. The molecular formula is C106H87N9O3. The zero-order valence-corrected chi connectivity index (χ0v) is 68.7. The Bertz CT molecular complexity index is 6620. The lowest BCUT2D eigenvalue weighted by Crippen LogP contribution is -2.36. The molecule has 1 amide bonds. The van der Waals surface area contributed by atoms with Gasteiger partial charge in [0.2, 0.25) is 5.57 Å². The van der Waals surface area contributed by atoms with Gasteiger partial charge in [-0.25, -0.2) is 45.2 Å². The Balaban J connectivity index is 0.716. The number of aryl methyl sites for hydroxylation is 8. The van der Waals surface area contributed by atoms with E-state index in [1.165, 1.54) is 43.2 Å². The van der Waals surface area contributed by atoms with Crippen molar-refractivity contribution in [3.8, 4) is 35.1 Å². The van der Waals surface area contributed by atoms with Crippen molar-refractivity contribution < 1.29 is 24.8 Å². The summed E-state index contributed by atoms with van der Waals surface area (Å²) in [6.45, 7) is 30.6. The monoisotopic (exact) mass is 1530 g/mol. The van der Waals surface area contributed by atoms with Gasteiger partial charge in [-0.2, -0.15) is 0 Å². The number of carbonyl (C=O) groups excluding carboxylic acids is 2. The fourth-order valence-corrected chi connectivity index (χ4v) is 17.4. The molecule has 3 N–H and O–H groups in total. The van der Waals surface area contributed by atoms with Crippen LogP contribution in [-0.2, 0) is 25.2 Å². The second-order valence-electron chi connectivity index (χ2n) is 33.2. The summed E-state index contributed by atoms with van der Waals surface area (Å²) in [5, 5.41) is 30.2. The number of benzene rings is 8. The number of allylic oxidation sites excluding steroid dienone is 16. The van der Waals surface area contributed by atoms with Crippen molar-refractivity contribution in [2.45, 2.75) is 108 Å². The Morgan fingerprint density at radius 2 is 1.01 bits per heavy atom. The number of hydrogen-bond donors (Lipinski definition) is 3. The second-order valence-corrected chi connectivity index (χ2v) is 33.2. The molecule has 0 saturated heterocycles. The highest BCUT2D eigenvalue weighted by Gasteiger charge is 2.43. The van der Waals surface area contributed by atoms with Crippen LogP contribution < -0.4 is 15.9 Å². The van der Waals surface area contributed by atoms with Crippen LogP contribution in [0, 0.1) is 97.1 Å². The molecule has 12 bridgehead atoms. The van der Waals surface area contributed by atoms with Gasteiger partial charge in [-0.3, -0.25) is 20.2 Å². The first kappa shape index (κ1) is 76.1. The van der Waals surface area contributed by atoms with Crippen molar-refractivity contribution in [1.29, 1.82) is 0 Å². The van der Waals surface area contributed by atoms with Crippen molar-refractivity contribution in [2.75, 3.05) is 6.61 Å². The van der Waals surface area contributed by atoms with Gasteiger partial charge in [0.15, 0.2) is 6.61 Å². The van der Waals surface area contributed by atoms with Gasteiger partial charge in [0, 0.05) is 51.7 Å². The molecule has 17 rings (SSSR count). The van der Waals surface area contributed by atoms with Crippen molar-refractivity contribution in [3.05, 3.63) is 400 Å². The predicted molar refractivity (Wildman–Crippen MR) is 479 cm³/mol. The summed E-state index contributed by atoms with van der Waals surface area (Å²) in [5.41, 5.74) is 31.6. The lowest BCUT2D eigenvalue weighted by atomic mass is 9.82. The third-order valence-corrected chi connectivity index (χ3v) is 23.1. The number of ether oxygens (including phenoxy) is 1. The van der Waals surface area contributed by atoms with Crippen LogP contribution in [0.3, 0.4) is 0 Å². The van der Waals surface area contributed by atoms with Crippen molar-refractivity contribution in [1.82, 2.24) is 10.4 Å². The van der Waals surface area contributed by atoms with Crippen LogP contribution in [0.1, 0.15) is 131 Å². The number of aliphatic imine (C=N–C) groups is 4. The fraction of sp³-hybridized carbons (Fsp3) is 0.160. The molecule has 12 heteroatoms. The summed E-state index contributed by atoms with van der Waals surface area (Å²) < 4.78 is 6.10. The number of hydrazine groups is 1. The SMILES string of the molecule is Cc1cc(C)c(C2=C3C=CC(=N3)C(c3ccc([N-]C(=O)C4=CN(/C(C#[NH+])=C(\C#[NH+])[C+]5c6ccccc6-c6ccccc65)NC=C4)cc3)=C3C=CC(=N3)C(c3c(C)cc(C)cc3C)=C3C=CC(=N3)C([C-]3C=C[C-](C(=O)OCC#Cc4cc5cc(C(C)(C)C)cc(c5C)c5ccccc5c5cc(C(C)(C)C)cc4c5C)C=C3)=C3C=CC2=N3)c(C)c1. The minimum atomic E-state index is -0.521. The van der Waals surface area contributed by atoms with Crippen LogP contribution in [0.2, 0.25) is 0 Å². The molecule has 12 nitrogen and oxygen atoms in total. The van der Waals surface area contributed by atoms with Gasteiger partial charge in [-0.05, 0) is 263 Å². The van der Waals surface area contributed by atoms with E-state index in [0.717, 1.165) is 128 Å². The predicted octanol–water partition coefficient (Wildman–Crippen LogP) is 19.7. The summed E-state index contributed by atoms with van der Waals surface area (Å²) in [4.78, 5) is 51.3. The number of nitrogens with one attached hydrogen (secondary N) is 3. The molecule has 0 aromatic heterocycles. The van der Waals surface area contributed by atoms with Crippen LogP contribution in [0.4, 0.5) is 5.69 Å². The topological polar surface area (TPSA) is 170 Å². The number of carbonyl (C=O) groups is 2. The van der Waals surface area contributed by atoms with Gasteiger partial charge in [0.25, 0.3) is 11.7 Å². The van der Waals surface area contributed by atoms with Gasteiger partial charge < -0.3 is 14.8 Å². The number of amides is 1. The third kappa shape index (κ3) is 13.9. The smallest absolute Gasteiger partial charge is 0.382 e. The molecule has 6 aliphatic heterocycles. The molecular weight excluding hydrogens is 1450 g/mol. The second kappa shape index (κ2) is 30.0. The highest BCUT2D eigenvalue weighted by Crippen LogP contribution is 2.49. The Morgan fingerprint density at radius 3 is 1.57 bits per heavy atom. The minimum Gasteiger partial charge on any atom is -0.623 e. The lowest BCUT2D eigenvalue weighted by Gasteiger charge is -2.33. The first-order chi connectivity index (χ1) is 56.8. The fourth-order valence-electron chi connectivity index (χ4n) is 17.4. The molecule has 8 aliphatic rings. The molecule has 6 heterocycles. The van der Waals surface area contributed by atoms with Crippen molar-refractivity contribution >= 4 is 89.4 Å². The van der Waals surface area contributed by atoms with Gasteiger partial charge in [-0.1, -0.05) is 184 Å². The van der Waals surface area contributed by atoms with Crippen LogP contribution in [-0.4, -0.2) is 46.3 Å². The average molecular weight is 1530 g/mol. The summed E-state index contributed by atoms with van der Waals surface area (Å²) in [5.74, 6) is 7.73. The number of esters is 1. The maximum absolute atomic E-state index is 14.4. The normalized spacial score (nSPS) is 15.9. The van der Waals surface area contributed by atoms with E-state index in [2.05, 4.69) is 247 Å². The van der Waals surface area contributed by atoms with Crippen LogP contribution in [0.5, 0.6) is 0 Å². The number of fused-ring (bicyclic) bond motifs is 14. The molecule has 574 valence electrons. The molecule has 0 fully saturated rings. The first-order valence-electron chi connectivity index (χ1n) is 39.9. The van der Waals surface area contributed by atoms with Crippen LogP contribution in [0.25, 0.3) is 65.5 Å². The maximum Gasteiger partial charge on any atom is 0.382 e. The van der Waals surface area contributed by atoms with E-state index in [1.807, 2.05) is 109 Å². The largest absolute Gasteiger partial charge is 0.623 e.